The van der Waals surface area contributed by atoms with Gasteiger partial charge in [-0.2, -0.15) is 0 Å². The molecular weight excluding hydrogens is 410 g/mol. The molecule has 0 spiro atoms. The summed E-state index contributed by atoms with van der Waals surface area (Å²) in [6.45, 7) is 1.46. The summed E-state index contributed by atoms with van der Waals surface area (Å²) < 4.78 is 40.7. The number of nitrogens with one attached hydrogen (secondary N) is 1. The Kier molecular flexibility index (Phi) is 7.14. The van der Waals surface area contributed by atoms with Gasteiger partial charge in [-0.05, 0) is 24.1 Å². The van der Waals surface area contributed by atoms with Crippen molar-refractivity contribution in [1.29, 1.82) is 0 Å². The lowest BCUT2D eigenvalue weighted by molar-refractivity contribution is 0.274. The van der Waals surface area contributed by atoms with Gasteiger partial charge >= 0.3 is 0 Å². The van der Waals surface area contributed by atoms with Gasteiger partial charge in [0.05, 0.1) is 31.7 Å². The van der Waals surface area contributed by atoms with E-state index in [0.29, 0.717) is 17.7 Å². The van der Waals surface area contributed by atoms with Gasteiger partial charge in [-0.3, -0.25) is 4.79 Å². The van der Waals surface area contributed by atoms with Gasteiger partial charge in [0.15, 0.2) is 17.3 Å². The van der Waals surface area contributed by atoms with Gasteiger partial charge in [-0.25, -0.2) is 18.7 Å². The molecule has 3 rings (SSSR count). The van der Waals surface area contributed by atoms with Crippen LogP contribution in [0.2, 0.25) is 0 Å². The van der Waals surface area contributed by atoms with E-state index < -0.39 is 11.6 Å². The van der Waals surface area contributed by atoms with Crippen LogP contribution < -0.4 is 20.3 Å². The van der Waals surface area contributed by atoms with Crippen LogP contribution in [-0.2, 0) is 19.6 Å². The quantitative estimate of drug-likeness (QED) is 0.537. The zero-order chi connectivity index (χ0) is 22.4. The minimum absolute atomic E-state index is 0.0476. The van der Waals surface area contributed by atoms with E-state index in [2.05, 4.69) is 15.3 Å². The number of hydrogen-bond acceptors (Lipinski definition) is 7. The molecular formula is C21H22F2N4O4. The molecule has 0 saturated carbocycles. The number of benzene rings is 1. The molecule has 3 aromatic rings. The molecule has 0 amide bonds. The van der Waals surface area contributed by atoms with E-state index in [0.717, 1.165) is 0 Å². The van der Waals surface area contributed by atoms with Gasteiger partial charge in [-0.15, -0.1) is 0 Å². The van der Waals surface area contributed by atoms with Crippen molar-refractivity contribution in [1.82, 2.24) is 14.5 Å². The molecule has 0 saturated heterocycles. The Morgan fingerprint density at radius 2 is 1.94 bits per heavy atom. The first kappa shape index (κ1) is 22.2. The third-order valence-electron chi connectivity index (χ3n) is 4.54. The average molecular weight is 432 g/mol. The molecule has 8 nitrogen and oxygen atoms in total. The lowest BCUT2D eigenvalue weighted by Crippen LogP contribution is -2.20. The maximum Gasteiger partial charge on any atom is 0.252 e. The zero-order valence-electron chi connectivity index (χ0n) is 17.1. The third kappa shape index (κ3) is 5.15. The number of pyridine rings is 1. The molecule has 2 aromatic heterocycles. The van der Waals surface area contributed by atoms with Crippen molar-refractivity contribution in [3.05, 3.63) is 69.9 Å². The molecule has 0 atom stereocenters. The van der Waals surface area contributed by atoms with Crippen molar-refractivity contribution in [2.24, 2.45) is 0 Å². The molecule has 0 bridgehead atoms. The molecule has 1 aromatic carbocycles. The van der Waals surface area contributed by atoms with Crippen molar-refractivity contribution in [3.63, 3.8) is 0 Å². The Bertz CT molecular complexity index is 1080. The lowest BCUT2D eigenvalue weighted by atomic mass is 10.1. The Morgan fingerprint density at radius 1 is 1.19 bits per heavy atom. The van der Waals surface area contributed by atoms with Crippen LogP contribution in [0.4, 0.5) is 20.4 Å². The first-order chi connectivity index (χ1) is 15.0. The highest BCUT2D eigenvalue weighted by atomic mass is 19.1. The van der Waals surface area contributed by atoms with Crippen LogP contribution in [0.15, 0.2) is 41.6 Å². The molecule has 0 aliphatic heterocycles. The molecule has 0 unspecified atom stereocenters. The Labute approximate surface area is 177 Å². The predicted octanol–water partition coefficient (Wildman–Crippen LogP) is 2.80. The van der Waals surface area contributed by atoms with E-state index in [1.165, 1.54) is 36.2 Å². The van der Waals surface area contributed by atoms with Crippen molar-refractivity contribution >= 4 is 11.6 Å². The third-order valence-corrected chi connectivity index (χ3v) is 4.54. The number of nitrogens with zero attached hydrogens (tertiary/aromatic N) is 3. The van der Waals surface area contributed by atoms with Crippen molar-refractivity contribution in [2.75, 3.05) is 19.0 Å². The largest absolute Gasteiger partial charge is 0.494 e. The average Bonchev–Trinajstić information content (AvgIpc) is 2.77. The number of aryl methyl sites for hydroxylation is 1. The van der Waals surface area contributed by atoms with E-state index in [-0.39, 0.29) is 48.3 Å². The molecule has 2 N–H and O–H groups in total. The summed E-state index contributed by atoms with van der Waals surface area (Å²) in [6.07, 6.45) is 4.61. The second-order valence-electron chi connectivity index (χ2n) is 6.52. The summed E-state index contributed by atoms with van der Waals surface area (Å²) in [7, 11) is 1.31. The molecule has 164 valence electrons. The topological polar surface area (TPSA) is 98.5 Å². The fraction of sp³-hybridized carbons (Fsp3) is 0.286. The summed E-state index contributed by atoms with van der Waals surface area (Å²) >= 11 is 0. The minimum Gasteiger partial charge on any atom is -0.494 e. The number of anilines is 2. The number of ether oxygens (including phenoxy) is 2. The maximum atomic E-state index is 14.5. The van der Waals surface area contributed by atoms with E-state index in [4.69, 9.17) is 14.6 Å². The molecule has 31 heavy (non-hydrogen) atoms. The first-order valence-corrected chi connectivity index (χ1v) is 9.53. The van der Waals surface area contributed by atoms with Crippen LogP contribution in [0.25, 0.3) is 0 Å². The molecule has 0 aliphatic carbocycles. The van der Waals surface area contributed by atoms with Crippen LogP contribution in [0.1, 0.15) is 18.1 Å². The van der Waals surface area contributed by atoms with Gasteiger partial charge in [-0.1, -0.05) is 6.92 Å². The number of halogens is 2. The van der Waals surface area contributed by atoms with Crippen molar-refractivity contribution < 1.29 is 23.4 Å². The standard InChI is InChI=1S/C21H22F2N4O4/c1-3-13-8-17(30-2)20(23)16(19(13)22)12-31-15-10-24-21(25-11-15)26-14-4-5-27(6-7-28)18(29)9-14/h4-5,8-11,28H,3,6-7,12H2,1-2H3,(H,24,25,26). The molecule has 10 heteroatoms. The van der Waals surface area contributed by atoms with Gasteiger partial charge < -0.3 is 24.5 Å². The molecule has 0 aliphatic rings. The Hall–Kier alpha value is -3.53. The second-order valence-corrected chi connectivity index (χ2v) is 6.52. The maximum absolute atomic E-state index is 14.5. The van der Waals surface area contributed by atoms with Crippen molar-refractivity contribution in [2.45, 2.75) is 26.5 Å². The highest BCUT2D eigenvalue weighted by Crippen LogP contribution is 2.28. The summed E-state index contributed by atoms with van der Waals surface area (Å²) in [4.78, 5) is 20.1. The molecule has 0 fully saturated rings. The van der Waals surface area contributed by atoms with Gasteiger partial charge in [0.25, 0.3) is 5.56 Å². The number of aliphatic hydroxyl groups excluding tert-OH is 1. The second kappa shape index (κ2) is 9.98. The fourth-order valence-corrected chi connectivity index (χ4v) is 2.87. The first-order valence-electron chi connectivity index (χ1n) is 9.53. The van der Waals surface area contributed by atoms with Crippen LogP contribution in [0.3, 0.4) is 0 Å². The van der Waals surface area contributed by atoms with E-state index in [9.17, 15) is 13.6 Å². The summed E-state index contributed by atoms with van der Waals surface area (Å²) in [5, 5.41) is 11.8. The summed E-state index contributed by atoms with van der Waals surface area (Å²) in [6, 6.07) is 4.33. The number of rotatable bonds is 9. The number of aromatic nitrogens is 3. The highest BCUT2D eigenvalue weighted by molar-refractivity contribution is 5.51. The Morgan fingerprint density at radius 3 is 2.55 bits per heavy atom. The monoisotopic (exact) mass is 432 g/mol. The van der Waals surface area contributed by atoms with E-state index >= 15 is 0 Å². The summed E-state index contributed by atoms with van der Waals surface area (Å²) in [5.41, 5.74) is 0.281. The zero-order valence-corrected chi connectivity index (χ0v) is 17.1. The SMILES string of the molecule is CCc1cc(OC)c(F)c(COc2cnc(Nc3ccn(CCO)c(=O)c3)nc2)c1F. The smallest absolute Gasteiger partial charge is 0.252 e. The van der Waals surface area contributed by atoms with Crippen LogP contribution in [0.5, 0.6) is 11.5 Å². The predicted molar refractivity (Wildman–Crippen MR) is 110 cm³/mol. The molecule has 0 radical (unpaired) electrons. The van der Waals surface area contributed by atoms with E-state index in [1.54, 1.807) is 19.2 Å². The van der Waals surface area contributed by atoms with Crippen molar-refractivity contribution in [3.8, 4) is 11.5 Å². The molecule has 2 heterocycles. The van der Waals surface area contributed by atoms with E-state index in [1.807, 2.05) is 0 Å². The van der Waals surface area contributed by atoms with Gasteiger partial charge in [0.1, 0.15) is 12.4 Å². The highest BCUT2D eigenvalue weighted by Gasteiger charge is 2.19. The fourth-order valence-electron chi connectivity index (χ4n) is 2.87. The van der Waals surface area contributed by atoms with Crippen LogP contribution >= 0.6 is 0 Å². The van der Waals surface area contributed by atoms with Gasteiger partial charge in [0, 0.05) is 24.5 Å². The lowest BCUT2D eigenvalue weighted by Gasteiger charge is -2.13. The number of hydrogen-bond donors (Lipinski definition) is 2. The van der Waals surface area contributed by atoms with Gasteiger partial charge in [0.2, 0.25) is 5.95 Å². The minimum atomic E-state index is -0.813. The Balaban J connectivity index is 1.69. The van der Waals surface area contributed by atoms with Crippen LogP contribution in [0, 0.1) is 11.6 Å². The number of methoxy groups -OCH3 is 1. The summed E-state index contributed by atoms with van der Waals surface area (Å²) in [5.74, 6) is -1.11. The normalized spacial score (nSPS) is 10.7. The van der Waals surface area contributed by atoms with Crippen LogP contribution in [-0.4, -0.2) is 33.4 Å². The number of aliphatic hydroxyl groups is 1.